The minimum absolute atomic E-state index is 0.180. The van der Waals surface area contributed by atoms with Crippen LogP contribution in [0.2, 0.25) is 0 Å². The molecule has 0 saturated carbocycles. The number of carbonyl (C=O) groups is 1. The van der Waals surface area contributed by atoms with Crippen molar-refractivity contribution in [2.45, 2.75) is 29.8 Å². The fourth-order valence-corrected chi connectivity index (χ4v) is 4.08. The summed E-state index contributed by atoms with van der Waals surface area (Å²) in [5.74, 6) is 0.292. The molecule has 2 aromatic carbocycles. The van der Waals surface area contributed by atoms with Crippen LogP contribution in [0.5, 0.6) is 0 Å². The largest absolute Gasteiger partial charge is 0.325 e. The zero-order chi connectivity index (χ0) is 18.8. The highest BCUT2D eigenvalue weighted by atomic mass is 32.2. The molecule has 1 aliphatic rings. The molecule has 138 valence electrons. The number of nitrogens with zero attached hydrogens (tertiary/aromatic N) is 3. The van der Waals surface area contributed by atoms with Crippen LogP contribution >= 0.6 is 11.8 Å². The van der Waals surface area contributed by atoms with Crippen molar-refractivity contribution in [2.75, 3.05) is 10.7 Å². The zero-order valence-electron chi connectivity index (χ0n) is 14.6. The summed E-state index contributed by atoms with van der Waals surface area (Å²) in [7, 11) is 0. The lowest BCUT2D eigenvalue weighted by Gasteiger charge is -2.32. The van der Waals surface area contributed by atoms with Gasteiger partial charge in [0.2, 0.25) is 11.1 Å². The van der Waals surface area contributed by atoms with Crippen LogP contribution < -0.4 is 10.7 Å². The third kappa shape index (κ3) is 3.52. The molecule has 0 aliphatic carbocycles. The number of anilines is 1. The third-order valence-corrected chi connectivity index (χ3v) is 5.56. The van der Waals surface area contributed by atoms with Gasteiger partial charge in [0.15, 0.2) is 5.82 Å². The second-order valence-electron chi connectivity index (χ2n) is 6.14. The smallest absolute Gasteiger partial charge is 0.240 e. The van der Waals surface area contributed by atoms with Gasteiger partial charge in [-0.15, -0.1) is 10.2 Å². The number of nitrogens with one attached hydrogen (secondary N) is 2. The van der Waals surface area contributed by atoms with Gasteiger partial charge in [-0.05, 0) is 29.8 Å². The highest BCUT2D eigenvalue weighted by Gasteiger charge is 2.37. The number of fused-ring (bicyclic) bond motifs is 1. The lowest BCUT2D eigenvalue weighted by molar-refractivity contribution is -0.116. The van der Waals surface area contributed by atoms with E-state index in [1.54, 1.807) is 12.1 Å². The first-order valence-corrected chi connectivity index (χ1v) is 9.52. The molecule has 1 amide bonds. The first kappa shape index (κ1) is 17.5. The molecule has 6 nitrogen and oxygen atoms in total. The maximum atomic E-state index is 13.1. The van der Waals surface area contributed by atoms with Gasteiger partial charge in [0, 0.05) is 12.1 Å². The van der Waals surface area contributed by atoms with Crippen LogP contribution in [0.15, 0.2) is 59.8 Å². The molecule has 2 heterocycles. The third-order valence-electron chi connectivity index (χ3n) is 4.35. The average Bonchev–Trinajstić information content (AvgIpc) is 3.11. The molecule has 8 heteroatoms. The van der Waals surface area contributed by atoms with E-state index >= 15 is 0 Å². The predicted molar refractivity (Wildman–Crippen MR) is 103 cm³/mol. The van der Waals surface area contributed by atoms with E-state index in [9.17, 15) is 9.18 Å². The van der Waals surface area contributed by atoms with Crippen molar-refractivity contribution in [1.29, 1.82) is 0 Å². The van der Waals surface area contributed by atoms with Gasteiger partial charge < -0.3 is 10.7 Å². The number of hydrogen-bond donors (Lipinski definition) is 2. The van der Waals surface area contributed by atoms with Crippen molar-refractivity contribution in [2.24, 2.45) is 0 Å². The summed E-state index contributed by atoms with van der Waals surface area (Å²) < 4.78 is 15.0. The summed E-state index contributed by atoms with van der Waals surface area (Å²) in [5.41, 5.74) is 4.93. The van der Waals surface area contributed by atoms with E-state index < -0.39 is 5.25 Å². The summed E-state index contributed by atoms with van der Waals surface area (Å²) in [6.45, 7) is 2.01. The van der Waals surface area contributed by atoms with Gasteiger partial charge >= 0.3 is 0 Å². The Morgan fingerprint density at radius 2 is 1.93 bits per heavy atom. The van der Waals surface area contributed by atoms with Gasteiger partial charge in [0.05, 0.1) is 6.04 Å². The number of thioether (sulfide) groups is 1. The molecule has 2 N–H and O–H groups in total. The van der Waals surface area contributed by atoms with E-state index in [0.29, 0.717) is 10.8 Å². The number of amides is 1. The number of carbonyl (C=O) groups excluding carboxylic acids is 1. The minimum atomic E-state index is -0.459. The average molecular weight is 383 g/mol. The molecule has 27 heavy (non-hydrogen) atoms. The summed E-state index contributed by atoms with van der Waals surface area (Å²) >= 11 is 1.37. The van der Waals surface area contributed by atoms with Crippen LogP contribution in [0.25, 0.3) is 0 Å². The van der Waals surface area contributed by atoms with Crippen molar-refractivity contribution in [3.63, 3.8) is 0 Å². The number of rotatable bonds is 4. The molecule has 4 rings (SSSR count). The maximum absolute atomic E-state index is 13.1. The minimum Gasteiger partial charge on any atom is -0.325 e. The lowest BCUT2D eigenvalue weighted by Crippen LogP contribution is -2.41. The molecule has 1 aromatic heterocycles. The summed E-state index contributed by atoms with van der Waals surface area (Å²) in [5, 5.41) is 11.4. The van der Waals surface area contributed by atoms with Crippen LogP contribution in [0, 0.1) is 5.82 Å². The zero-order valence-corrected chi connectivity index (χ0v) is 15.4. The van der Waals surface area contributed by atoms with Gasteiger partial charge in [-0.3, -0.25) is 4.79 Å². The van der Waals surface area contributed by atoms with E-state index in [-0.39, 0.29) is 17.8 Å². The highest BCUT2D eigenvalue weighted by Crippen LogP contribution is 2.37. The van der Waals surface area contributed by atoms with Crippen molar-refractivity contribution in [1.82, 2.24) is 14.9 Å². The van der Waals surface area contributed by atoms with Crippen LogP contribution in [-0.4, -0.2) is 26.0 Å². The standard InChI is InChI=1S/C19H18FN5OS/c1-2-15-22-23-19-25(15)24-16(12-6-4-3-5-7-12)17(27-19)18(26)21-14-10-8-13(20)9-11-14/h3-11,16-17,24H,2H2,1H3,(H,21,26)/t16-,17+/m1/s1. The normalized spacial score (nSPS) is 18.4. The summed E-state index contributed by atoms with van der Waals surface area (Å²) in [4.78, 5) is 13.0. The number of benzene rings is 2. The fourth-order valence-electron chi connectivity index (χ4n) is 2.98. The van der Waals surface area contributed by atoms with E-state index in [2.05, 4.69) is 20.9 Å². The van der Waals surface area contributed by atoms with Crippen LogP contribution in [-0.2, 0) is 11.2 Å². The van der Waals surface area contributed by atoms with Crippen molar-refractivity contribution >= 4 is 23.4 Å². The van der Waals surface area contributed by atoms with Crippen molar-refractivity contribution < 1.29 is 9.18 Å². The molecule has 0 radical (unpaired) electrons. The number of hydrogen-bond acceptors (Lipinski definition) is 5. The van der Waals surface area contributed by atoms with Gasteiger partial charge in [-0.1, -0.05) is 49.0 Å². The summed E-state index contributed by atoms with van der Waals surface area (Å²) in [6, 6.07) is 15.3. The Morgan fingerprint density at radius 1 is 1.19 bits per heavy atom. The van der Waals surface area contributed by atoms with E-state index in [0.717, 1.165) is 17.8 Å². The van der Waals surface area contributed by atoms with Gasteiger partial charge in [0.25, 0.3) is 0 Å². The monoisotopic (exact) mass is 383 g/mol. The molecular weight excluding hydrogens is 365 g/mol. The Kier molecular flexibility index (Phi) is 4.81. The highest BCUT2D eigenvalue weighted by molar-refractivity contribution is 8.00. The van der Waals surface area contributed by atoms with E-state index in [4.69, 9.17) is 0 Å². The quantitative estimate of drug-likeness (QED) is 0.723. The van der Waals surface area contributed by atoms with E-state index in [1.807, 2.05) is 41.9 Å². The topological polar surface area (TPSA) is 71.8 Å². The second-order valence-corrected chi connectivity index (χ2v) is 7.25. The van der Waals surface area contributed by atoms with Gasteiger partial charge in [-0.2, -0.15) is 0 Å². The number of halogens is 1. The molecule has 0 spiro atoms. The molecular formula is C19H18FN5OS. The molecule has 0 bridgehead atoms. The van der Waals surface area contributed by atoms with E-state index in [1.165, 1.54) is 23.9 Å². The van der Waals surface area contributed by atoms with Crippen molar-refractivity contribution in [3.05, 3.63) is 71.8 Å². The maximum Gasteiger partial charge on any atom is 0.240 e. The first-order valence-electron chi connectivity index (χ1n) is 8.64. The van der Waals surface area contributed by atoms with Crippen LogP contribution in [0.3, 0.4) is 0 Å². The SMILES string of the molecule is CCc1nnc2n1N[C@H](c1ccccc1)[C@@H](C(=O)Nc1ccc(F)cc1)S2. The second kappa shape index (κ2) is 7.40. The first-order chi connectivity index (χ1) is 13.2. The summed E-state index contributed by atoms with van der Waals surface area (Å²) in [6.07, 6.45) is 0.731. The Bertz CT molecular complexity index is 944. The number of aromatic nitrogens is 3. The number of aryl methyl sites for hydroxylation is 1. The van der Waals surface area contributed by atoms with Crippen LogP contribution in [0.4, 0.5) is 10.1 Å². The Balaban J connectivity index is 1.65. The molecule has 0 unspecified atom stereocenters. The molecule has 0 fully saturated rings. The molecule has 2 atom stereocenters. The molecule has 3 aromatic rings. The molecule has 1 aliphatic heterocycles. The Labute approximate surface area is 160 Å². The van der Waals surface area contributed by atoms with Crippen LogP contribution in [0.1, 0.15) is 24.4 Å². The van der Waals surface area contributed by atoms with Gasteiger partial charge in [-0.25, -0.2) is 9.07 Å². The van der Waals surface area contributed by atoms with Crippen molar-refractivity contribution in [3.8, 4) is 0 Å². The Hall–Kier alpha value is -2.87. The fraction of sp³-hybridized carbons (Fsp3) is 0.211. The molecule has 0 saturated heterocycles. The Morgan fingerprint density at radius 3 is 2.63 bits per heavy atom. The van der Waals surface area contributed by atoms with Gasteiger partial charge in [0.1, 0.15) is 11.1 Å². The predicted octanol–water partition coefficient (Wildman–Crippen LogP) is 3.38. The lowest BCUT2D eigenvalue weighted by atomic mass is 10.0.